The fraction of sp³-hybridized carbons (Fsp3) is 0.417. The first-order chi connectivity index (χ1) is 14.6. The molecule has 0 amide bonds. The van der Waals surface area contributed by atoms with Crippen molar-refractivity contribution in [3.05, 3.63) is 65.2 Å². The number of unbranched alkanes of at least 4 members (excludes halogenated alkanes) is 1. The third kappa shape index (κ3) is 6.07. The quantitative estimate of drug-likeness (QED) is 0.365. The number of rotatable bonds is 11. The van der Waals surface area contributed by atoms with Gasteiger partial charge in [0.2, 0.25) is 0 Å². The van der Waals surface area contributed by atoms with Crippen LogP contribution in [-0.2, 0) is 28.8 Å². The zero-order valence-electron chi connectivity index (χ0n) is 17.6. The van der Waals surface area contributed by atoms with Gasteiger partial charge in [0, 0.05) is 0 Å². The van der Waals surface area contributed by atoms with Gasteiger partial charge in [-0.1, -0.05) is 24.3 Å². The van der Waals surface area contributed by atoms with Crippen molar-refractivity contribution in [1.29, 1.82) is 0 Å². The van der Waals surface area contributed by atoms with Crippen LogP contribution in [0, 0.1) is 6.92 Å². The molecule has 2 aromatic heterocycles. The molecule has 160 valence electrons. The summed E-state index contributed by atoms with van der Waals surface area (Å²) in [5, 5.41) is 9.72. The fourth-order valence-electron chi connectivity index (χ4n) is 3.32. The molecule has 0 bridgehead atoms. The number of carbonyl (C=O) groups is 1. The molecule has 0 spiro atoms. The first kappa shape index (κ1) is 21.8. The lowest BCUT2D eigenvalue weighted by Crippen LogP contribution is -2.22. The SMILES string of the molecule is CCOC(=O)C(O)CCCCc1ccc(CCc2nc(-c3ccco3)oc2C)cc1. The van der Waals surface area contributed by atoms with Crippen molar-refractivity contribution in [2.45, 2.75) is 58.5 Å². The monoisotopic (exact) mass is 411 g/mol. The van der Waals surface area contributed by atoms with Gasteiger partial charge < -0.3 is 18.7 Å². The van der Waals surface area contributed by atoms with Crippen LogP contribution in [0.4, 0.5) is 0 Å². The number of ether oxygens (including phenoxy) is 1. The molecule has 0 radical (unpaired) electrons. The molecule has 0 saturated carbocycles. The van der Waals surface area contributed by atoms with E-state index in [1.165, 1.54) is 11.1 Å². The summed E-state index contributed by atoms with van der Waals surface area (Å²) in [4.78, 5) is 16.0. The lowest BCUT2D eigenvalue weighted by molar-refractivity contribution is -0.153. The Bertz CT molecular complexity index is 912. The maximum absolute atomic E-state index is 11.4. The second kappa shape index (κ2) is 10.8. The average molecular weight is 411 g/mol. The Labute approximate surface area is 176 Å². The number of benzene rings is 1. The standard InChI is InChI=1S/C24H29NO5/c1-3-28-24(27)21(26)8-5-4-7-18-10-12-19(13-11-18)14-15-20-17(2)30-23(25-20)22-9-6-16-29-22/h6,9-13,16,21,26H,3-5,7-8,14-15H2,1-2H3. The summed E-state index contributed by atoms with van der Waals surface area (Å²) in [5.41, 5.74) is 3.45. The molecule has 0 aliphatic rings. The molecule has 3 aromatic rings. The maximum Gasteiger partial charge on any atom is 0.334 e. The summed E-state index contributed by atoms with van der Waals surface area (Å²) in [6.07, 6.45) is 5.35. The highest BCUT2D eigenvalue weighted by atomic mass is 16.5. The van der Waals surface area contributed by atoms with E-state index in [0.29, 0.717) is 24.7 Å². The molecule has 3 rings (SSSR count). The van der Waals surface area contributed by atoms with Gasteiger partial charge in [-0.25, -0.2) is 9.78 Å². The third-order valence-corrected chi connectivity index (χ3v) is 5.05. The van der Waals surface area contributed by atoms with Crippen LogP contribution in [0.3, 0.4) is 0 Å². The van der Waals surface area contributed by atoms with Gasteiger partial charge in [-0.3, -0.25) is 0 Å². The highest BCUT2D eigenvalue weighted by Gasteiger charge is 2.15. The molecule has 0 aliphatic carbocycles. The predicted molar refractivity (Wildman–Crippen MR) is 113 cm³/mol. The average Bonchev–Trinajstić information content (AvgIpc) is 3.40. The van der Waals surface area contributed by atoms with Gasteiger partial charge in [-0.15, -0.1) is 0 Å². The van der Waals surface area contributed by atoms with Gasteiger partial charge in [-0.05, 0) is 75.6 Å². The van der Waals surface area contributed by atoms with Crippen molar-refractivity contribution >= 4 is 5.97 Å². The number of hydrogen-bond acceptors (Lipinski definition) is 6. The predicted octanol–water partition coefficient (Wildman–Crippen LogP) is 4.67. The Morgan fingerprint density at radius 1 is 1.10 bits per heavy atom. The van der Waals surface area contributed by atoms with Gasteiger partial charge in [0.05, 0.1) is 18.6 Å². The van der Waals surface area contributed by atoms with Crippen molar-refractivity contribution in [3.8, 4) is 11.7 Å². The second-order valence-electron chi connectivity index (χ2n) is 7.33. The molecular formula is C24H29NO5. The number of esters is 1. The minimum absolute atomic E-state index is 0.295. The van der Waals surface area contributed by atoms with E-state index in [2.05, 4.69) is 29.2 Å². The number of hydrogen-bond donors (Lipinski definition) is 1. The molecule has 1 N–H and O–H groups in total. The molecule has 0 aliphatic heterocycles. The van der Waals surface area contributed by atoms with Crippen LogP contribution in [0.1, 0.15) is 48.8 Å². The fourth-order valence-corrected chi connectivity index (χ4v) is 3.32. The Morgan fingerprint density at radius 3 is 2.50 bits per heavy atom. The van der Waals surface area contributed by atoms with Crippen LogP contribution in [0.5, 0.6) is 0 Å². The largest absolute Gasteiger partial charge is 0.464 e. The number of aliphatic hydroxyl groups is 1. The lowest BCUT2D eigenvalue weighted by atomic mass is 10.0. The van der Waals surface area contributed by atoms with E-state index in [1.54, 1.807) is 13.2 Å². The van der Waals surface area contributed by atoms with Gasteiger partial charge >= 0.3 is 5.97 Å². The molecule has 6 nitrogen and oxygen atoms in total. The van der Waals surface area contributed by atoms with Gasteiger partial charge in [0.1, 0.15) is 5.76 Å². The normalized spacial score (nSPS) is 12.1. The number of furan rings is 1. The zero-order chi connectivity index (χ0) is 21.3. The van der Waals surface area contributed by atoms with Crippen LogP contribution >= 0.6 is 0 Å². The number of oxazole rings is 1. The summed E-state index contributed by atoms with van der Waals surface area (Å²) in [7, 11) is 0. The van der Waals surface area contributed by atoms with Crippen LogP contribution in [0.2, 0.25) is 0 Å². The van der Waals surface area contributed by atoms with E-state index < -0.39 is 12.1 Å². The minimum Gasteiger partial charge on any atom is -0.464 e. The van der Waals surface area contributed by atoms with Crippen molar-refractivity contribution < 1.29 is 23.5 Å². The zero-order valence-corrected chi connectivity index (χ0v) is 17.6. The van der Waals surface area contributed by atoms with Gasteiger partial charge in [-0.2, -0.15) is 0 Å². The smallest absolute Gasteiger partial charge is 0.334 e. The molecule has 0 fully saturated rings. The van der Waals surface area contributed by atoms with E-state index in [4.69, 9.17) is 13.6 Å². The topological polar surface area (TPSA) is 85.7 Å². The Morgan fingerprint density at radius 2 is 1.83 bits per heavy atom. The number of aliphatic hydroxyl groups excluding tert-OH is 1. The molecule has 1 aromatic carbocycles. The number of aryl methyl sites for hydroxylation is 4. The van der Waals surface area contributed by atoms with Crippen molar-refractivity contribution in [2.24, 2.45) is 0 Å². The maximum atomic E-state index is 11.4. The first-order valence-electron chi connectivity index (χ1n) is 10.5. The summed E-state index contributed by atoms with van der Waals surface area (Å²) < 4.78 is 15.9. The number of carbonyl (C=O) groups excluding carboxylic acids is 1. The van der Waals surface area contributed by atoms with E-state index in [-0.39, 0.29) is 0 Å². The highest BCUT2D eigenvalue weighted by molar-refractivity contribution is 5.74. The molecule has 0 saturated heterocycles. The summed E-state index contributed by atoms with van der Waals surface area (Å²) in [6.45, 7) is 3.96. The Hall–Kier alpha value is -2.86. The van der Waals surface area contributed by atoms with Crippen LogP contribution in [0.15, 0.2) is 51.5 Å². The lowest BCUT2D eigenvalue weighted by Gasteiger charge is -2.09. The Kier molecular flexibility index (Phi) is 7.85. The van der Waals surface area contributed by atoms with Crippen LogP contribution in [0.25, 0.3) is 11.7 Å². The third-order valence-electron chi connectivity index (χ3n) is 5.05. The summed E-state index contributed by atoms with van der Waals surface area (Å²) in [5.74, 6) is 1.46. The van der Waals surface area contributed by atoms with Gasteiger partial charge in [0.15, 0.2) is 11.9 Å². The van der Waals surface area contributed by atoms with E-state index >= 15 is 0 Å². The minimum atomic E-state index is -1.01. The van der Waals surface area contributed by atoms with Crippen molar-refractivity contribution in [3.63, 3.8) is 0 Å². The molecule has 30 heavy (non-hydrogen) atoms. The summed E-state index contributed by atoms with van der Waals surface area (Å²) >= 11 is 0. The Balaban J connectivity index is 1.42. The van der Waals surface area contributed by atoms with E-state index in [1.807, 2.05) is 19.1 Å². The molecular weight excluding hydrogens is 382 g/mol. The summed E-state index contributed by atoms with van der Waals surface area (Å²) in [6, 6.07) is 12.2. The molecule has 6 heteroatoms. The van der Waals surface area contributed by atoms with Crippen LogP contribution < -0.4 is 0 Å². The van der Waals surface area contributed by atoms with Crippen molar-refractivity contribution in [1.82, 2.24) is 4.98 Å². The van der Waals surface area contributed by atoms with Crippen LogP contribution in [-0.4, -0.2) is 28.8 Å². The van der Waals surface area contributed by atoms with E-state index in [9.17, 15) is 9.90 Å². The molecule has 1 unspecified atom stereocenters. The van der Waals surface area contributed by atoms with Crippen molar-refractivity contribution in [2.75, 3.05) is 6.61 Å². The number of aromatic nitrogens is 1. The second-order valence-corrected chi connectivity index (χ2v) is 7.33. The van der Waals surface area contributed by atoms with Gasteiger partial charge in [0.25, 0.3) is 5.89 Å². The first-order valence-corrected chi connectivity index (χ1v) is 10.5. The number of nitrogens with zero attached hydrogens (tertiary/aromatic N) is 1. The molecule has 2 heterocycles. The van der Waals surface area contributed by atoms with E-state index in [0.717, 1.165) is 43.6 Å². The highest BCUT2D eigenvalue weighted by Crippen LogP contribution is 2.23. The molecule has 1 atom stereocenters.